The van der Waals surface area contributed by atoms with Crippen LogP contribution in [0.25, 0.3) is 0 Å². The fraction of sp³-hybridized carbons (Fsp3) is 0.562. The monoisotopic (exact) mass is 276 g/mol. The molecule has 0 spiro atoms. The number of hydrogen-bond acceptors (Lipinski definition) is 2. The van der Waals surface area contributed by atoms with Crippen LogP contribution in [0, 0.1) is 0 Å². The SMILES string of the molecule is C[C@H](NC(=O)NC[C@H]1CCCO1)[C@H](C)c1ccccc1. The maximum atomic E-state index is 11.9. The third kappa shape index (κ3) is 4.23. The van der Waals surface area contributed by atoms with Gasteiger partial charge in [-0.15, -0.1) is 0 Å². The van der Waals surface area contributed by atoms with E-state index in [0.29, 0.717) is 6.54 Å². The molecule has 1 aliphatic heterocycles. The fourth-order valence-electron chi connectivity index (χ4n) is 2.44. The highest BCUT2D eigenvalue weighted by Crippen LogP contribution is 2.18. The van der Waals surface area contributed by atoms with Crippen molar-refractivity contribution in [3.63, 3.8) is 0 Å². The Kier molecular flexibility index (Phi) is 5.41. The first-order chi connectivity index (χ1) is 9.66. The van der Waals surface area contributed by atoms with Gasteiger partial charge in [-0.25, -0.2) is 4.79 Å². The summed E-state index contributed by atoms with van der Waals surface area (Å²) >= 11 is 0. The Morgan fingerprint density at radius 2 is 2.10 bits per heavy atom. The van der Waals surface area contributed by atoms with Gasteiger partial charge in [0.1, 0.15) is 0 Å². The molecule has 0 radical (unpaired) electrons. The average molecular weight is 276 g/mol. The molecule has 0 saturated carbocycles. The first-order valence-corrected chi connectivity index (χ1v) is 7.37. The molecule has 1 aromatic carbocycles. The van der Waals surface area contributed by atoms with E-state index < -0.39 is 0 Å². The summed E-state index contributed by atoms with van der Waals surface area (Å²) in [5.41, 5.74) is 1.24. The molecule has 2 amide bonds. The number of hydrogen-bond donors (Lipinski definition) is 2. The maximum Gasteiger partial charge on any atom is 0.315 e. The molecule has 1 aliphatic rings. The Balaban J connectivity index is 1.75. The van der Waals surface area contributed by atoms with Gasteiger partial charge in [-0.2, -0.15) is 0 Å². The van der Waals surface area contributed by atoms with Crippen LogP contribution in [0.4, 0.5) is 4.79 Å². The molecule has 110 valence electrons. The zero-order valence-corrected chi connectivity index (χ0v) is 12.3. The fourth-order valence-corrected chi connectivity index (χ4v) is 2.44. The molecule has 1 aromatic rings. The third-order valence-corrected chi connectivity index (χ3v) is 3.95. The topological polar surface area (TPSA) is 50.4 Å². The molecule has 2 N–H and O–H groups in total. The molecule has 20 heavy (non-hydrogen) atoms. The summed E-state index contributed by atoms with van der Waals surface area (Å²) < 4.78 is 5.48. The Morgan fingerprint density at radius 3 is 2.75 bits per heavy atom. The van der Waals surface area contributed by atoms with E-state index in [0.717, 1.165) is 19.4 Å². The van der Waals surface area contributed by atoms with Gasteiger partial charge in [0.05, 0.1) is 6.10 Å². The summed E-state index contributed by atoms with van der Waals surface area (Å²) in [5, 5.41) is 5.88. The molecule has 0 bridgehead atoms. The molecule has 0 unspecified atom stereocenters. The molecule has 0 aromatic heterocycles. The van der Waals surface area contributed by atoms with E-state index in [9.17, 15) is 4.79 Å². The summed E-state index contributed by atoms with van der Waals surface area (Å²) in [4.78, 5) is 11.9. The van der Waals surface area contributed by atoms with Crippen molar-refractivity contribution in [2.24, 2.45) is 0 Å². The van der Waals surface area contributed by atoms with Crippen LogP contribution in [-0.4, -0.2) is 31.3 Å². The number of rotatable bonds is 5. The highest BCUT2D eigenvalue weighted by atomic mass is 16.5. The molecule has 0 aliphatic carbocycles. The maximum absolute atomic E-state index is 11.9. The van der Waals surface area contributed by atoms with Crippen molar-refractivity contribution in [2.75, 3.05) is 13.2 Å². The molecule has 1 heterocycles. The number of benzene rings is 1. The van der Waals surface area contributed by atoms with Crippen molar-refractivity contribution in [1.82, 2.24) is 10.6 Å². The number of amides is 2. The van der Waals surface area contributed by atoms with Crippen LogP contribution in [0.3, 0.4) is 0 Å². The lowest BCUT2D eigenvalue weighted by Crippen LogP contribution is -2.45. The molecule has 3 atom stereocenters. The van der Waals surface area contributed by atoms with Crippen molar-refractivity contribution in [2.45, 2.75) is 44.8 Å². The Labute approximate surface area is 120 Å². The second-order valence-electron chi connectivity index (χ2n) is 5.48. The van der Waals surface area contributed by atoms with Gasteiger partial charge in [0.15, 0.2) is 0 Å². The predicted molar refractivity (Wildman–Crippen MR) is 79.8 cm³/mol. The van der Waals surface area contributed by atoms with Gasteiger partial charge >= 0.3 is 6.03 Å². The number of carbonyl (C=O) groups is 1. The minimum atomic E-state index is -0.115. The Morgan fingerprint density at radius 1 is 1.35 bits per heavy atom. The quantitative estimate of drug-likeness (QED) is 0.868. The number of urea groups is 1. The van der Waals surface area contributed by atoms with Crippen LogP contribution in [0.1, 0.15) is 38.2 Å². The molecule has 4 nitrogen and oxygen atoms in total. The normalized spacial score (nSPS) is 21.2. The van der Waals surface area contributed by atoms with Gasteiger partial charge in [-0.1, -0.05) is 37.3 Å². The van der Waals surface area contributed by atoms with E-state index in [-0.39, 0.29) is 24.1 Å². The van der Waals surface area contributed by atoms with E-state index in [2.05, 4.69) is 29.7 Å². The van der Waals surface area contributed by atoms with Gasteiger partial charge in [0, 0.05) is 25.1 Å². The lowest BCUT2D eigenvalue weighted by molar-refractivity contribution is 0.111. The van der Waals surface area contributed by atoms with Crippen molar-refractivity contribution >= 4 is 6.03 Å². The minimum Gasteiger partial charge on any atom is -0.376 e. The van der Waals surface area contributed by atoms with Gasteiger partial charge in [0.25, 0.3) is 0 Å². The summed E-state index contributed by atoms with van der Waals surface area (Å²) in [7, 11) is 0. The largest absolute Gasteiger partial charge is 0.376 e. The van der Waals surface area contributed by atoms with E-state index in [4.69, 9.17) is 4.74 Å². The first-order valence-electron chi connectivity index (χ1n) is 7.37. The predicted octanol–water partition coefficient (Wildman–Crippen LogP) is 2.66. The lowest BCUT2D eigenvalue weighted by Gasteiger charge is -2.22. The van der Waals surface area contributed by atoms with E-state index in [1.165, 1.54) is 5.56 Å². The average Bonchev–Trinajstić information content (AvgIpc) is 2.98. The molecule has 1 saturated heterocycles. The van der Waals surface area contributed by atoms with Crippen molar-refractivity contribution in [3.8, 4) is 0 Å². The molecule has 1 fully saturated rings. The smallest absolute Gasteiger partial charge is 0.315 e. The van der Waals surface area contributed by atoms with Crippen molar-refractivity contribution in [3.05, 3.63) is 35.9 Å². The van der Waals surface area contributed by atoms with Crippen LogP contribution in [-0.2, 0) is 4.74 Å². The summed E-state index contributed by atoms with van der Waals surface area (Å²) in [6.07, 6.45) is 2.31. The van der Waals surface area contributed by atoms with Gasteiger partial charge in [-0.3, -0.25) is 0 Å². The van der Waals surface area contributed by atoms with Crippen LogP contribution in [0.15, 0.2) is 30.3 Å². The van der Waals surface area contributed by atoms with Crippen LogP contribution >= 0.6 is 0 Å². The van der Waals surface area contributed by atoms with Crippen LogP contribution < -0.4 is 10.6 Å². The summed E-state index contributed by atoms with van der Waals surface area (Å²) in [5.74, 6) is 0.282. The van der Waals surface area contributed by atoms with Gasteiger partial charge in [-0.05, 0) is 25.3 Å². The summed E-state index contributed by atoms with van der Waals surface area (Å²) in [6.45, 7) is 5.57. The van der Waals surface area contributed by atoms with Crippen LogP contribution in [0.5, 0.6) is 0 Å². The zero-order valence-electron chi connectivity index (χ0n) is 12.3. The zero-order chi connectivity index (χ0) is 14.4. The number of carbonyl (C=O) groups excluding carboxylic acids is 1. The number of nitrogens with one attached hydrogen (secondary N) is 2. The highest BCUT2D eigenvalue weighted by molar-refractivity contribution is 5.74. The van der Waals surface area contributed by atoms with Crippen LogP contribution in [0.2, 0.25) is 0 Å². The standard InChI is InChI=1S/C16H24N2O2/c1-12(14-7-4-3-5-8-14)13(2)18-16(19)17-11-15-9-6-10-20-15/h3-5,7-8,12-13,15H,6,9-11H2,1-2H3,(H2,17,18,19)/t12-,13-,15+/m0/s1. The van der Waals surface area contributed by atoms with E-state index >= 15 is 0 Å². The molecule has 4 heteroatoms. The second kappa shape index (κ2) is 7.29. The van der Waals surface area contributed by atoms with Crippen molar-refractivity contribution < 1.29 is 9.53 Å². The Hall–Kier alpha value is -1.55. The first kappa shape index (κ1) is 14.9. The molecular formula is C16H24N2O2. The third-order valence-electron chi connectivity index (χ3n) is 3.95. The molecule has 2 rings (SSSR count). The van der Waals surface area contributed by atoms with Gasteiger partial charge < -0.3 is 15.4 Å². The second-order valence-corrected chi connectivity index (χ2v) is 5.48. The molecular weight excluding hydrogens is 252 g/mol. The number of ether oxygens (including phenoxy) is 1. The summed E-state index contributed by atoms with van der Waals surface area (Å²) in [6, 6.07) is 10.2. The van der Waals surface area contributed by atoms with E-state index in [1.54, 1.807) is 0 Å². The Bertz CT molecular complexity index is 416. The van der Waals surface area contributed by atoms with E-state index in [1.807, 2.05) is 25.1 Å². The minimum absolute atomic E-state index is 0.0851. The van der Waals surface area contributed by atoms with Gasteiger partial charge in [0.2, 0.25) is 0 Å². The highest BCUT2D eigenvalue weighted by Gasteiger charge is 2.19. The van der Waals surface area contributed by atoms with Crippen molar-refractivity contribution in [1.29, 1.82) is 0 Å². The lowest BCUT2D eigenvalue weighted by atomic mass is 9.95.